The van der Waals surface area contributed by atoms with Gasteiger partial charge in [0.15, 0.2) is 0 Å². The van der Waals surface area contributed by atoms with Crippen molar-refractivity contribution in [3.63, 3.8) is 0 Å². The predicted molar refractivity (Wildman–Crippen MR) is 76.0 cm³/mol. The number of aliphatic hydroxyl groups is 1. The molecule has 2 rings (SSSR count). The lowest BCUT2D eigenvalue weighted by molar-refractivity contribution is -0.402. The fourth-order valence-corrected chi connectivity index (χ4v) is 2.65. The van der Waals surface area contributed by atoms with Gasteiger partial charge in [0.1, 0.15) is 16.8 Å². The van der Waals surface area contributed by atoms with E-state index in [9.17, 15) is 15.2 Å². The Labute approximate surface area is 125 Å². The molecular weight excluding hydrogens is 382 g/mol. The van der Waals surface area contributed by atoms with Crippen LogP contribution in [0.25, 0.3) is 0 Å². The molecule has 1 N–H and O–H groups in total. The van der Waals surface area contributed by atoms with Crippen LogP contribution in [0.5, 0.6) is 0 Å². The number of aliphatic hydroxyl groups excluding tert-OH is 1. The molecule has 0 bridgehead atoms. The zero-order valence-corrected chi connectivity index (χ0v) is 12.9. The highest BCUT2D eigenvalue weighted by Crippen LogP contribution is 2.34. The smallest absolute Gasteiger partial charge is 0.403 e. The van der Waals surface area contributed by atoms with Crippen LogP contribution in [0.2, 0.25) is 0 Å². The molecule has 2 aromatic rings. The number of nitro groups is 1. The molecule has 0 saturated carbocycles. The highest BCUT2D eigenvalue weighted by molar-refractivity contribution is 9.11. The molecule has 0 radical (unpaired) electrons. The van der Waals surface area contributed by atoms with Gasteiger partial charge in [-0.25, -0.2) is 0 Å². The molecule has 7 heteroatoms. The molecule has 0 aliphatic heterocycles. The Kier molecular flexibility index (Phi) is 4.07. The lowest BCUT2D eigenvalue weighted by Gasteiger charge is -2.12. The molecule has 0 fully saturated rings. The lowest BCUT2D eigenvalue weighted by atomic mass is 10.1. The molecule has 1 heterocycles. The van der Waals surface area contributed by atoms with Gasteiger partial charge in [0, 0.05) is 14.5 Å². The highest BCUT2D eigenvalue weighted by Gasteiger charge is 2.21. The monoisotopic (exact) mass is 389 g/mol. The standard InChI is InChI=1S/C12H9Br2NO4/c1-6-4-9(14)7(5-8(6)13)12(16)10-2-3-11(19-10)15(17)18/h2-5,12,16H,1H3. The number of furan rings is 1. The van der Waals surface area contributed by atoms with Crippen LogP contribution in [0.4, 0.5) is 5.88 Å². The first kappa shape index (κ1) is 14.2. The number of hydrogen-bond donors (Lipinski definition) is 1. The minimum atomic E-state index is -1.07. The second-order valence-corrected chi connectivity index (χ2v) is 5.67. The van der Waals surface area contributed by atoms with Gasteiger partial charge >= 0.3 is 5.88 Å². The molecule has 0 spiro atoms. The van der Waals surface area contributed by atoms with E-state index >= 15 is 0 Å². The zero-order chi connectivity index (χ0) is 14.2. The first-order valence-electron chi connectivity index (χ1n) is 5.28. The topological polar surface area (TPSA) is 76.5 Å². The van der Waals surface area contributed by atoms with Crippen LogP contribution < -0.4 is 0 Å². The Morgan fingerprint density at radius 2 is 2.00 bits per heavy atom. The van der Waals surface area contributed by atoms with Gasteiger partial charge in [-0.3, -0.25) is 10.1 Å². The van der Waals surface area contributed by atoms with E-state index in [4.69, 9.17) is 4.42 Å². The summed E-state index contributed by atoms with van der Waals surface area (Å²) < 4.78 is 6.55. The fourth-order valence-electron chi connectivity index (χ4n) is 1.61. The average Bonchev–Trinajstić information content (AvgIpc) is 2.82. The van der Waals surface area contributed by atoms with Crippen molar-refractivity contribution in [3.05, 3.63) is 60.2 Å². The molecule has 0 aliphatic carbocycles. The summed E-state index contributed by atoms with van der Waals surface area (Å²) in [5.41, 5.74) is 1.58. The van der Waals surface area contributed by atoms with E-state index in [1.54, 1.807) is 6.07 Å². The average molecular weight is 391 g/mol. The summed E-state index contributed by atoms with van der Waals surface area (Å²) in [4.78, 5) is 9.91. The molecule has 19 heavy (non-hydrogen) atoms. The van der Waals surface area contributed by atoms with Crippen molar-refractivity contribution < 1.29 is 14.4 Å². The molecule has 0 amide bonds. The highest BCUT2D eigenvalue weighted by atomic mass is 79.9. The summed E-state index contributed by atoms with van der Waals surface area (Å²) >= 11 is 6.74. The second kappa shape index (κ2) is 5.44. The number of aryl methyl sites for hydroxylation is 1. The third kappa shape index (κ3) is 2.88. The largest absolute Gasteiger partial charge is 0.433 e. The number of benzene rings is 1. The van der Waals surface area contributed by atoms with E-state index in [1.807, 2.05) is 13.0 Å². The molecule has 1 unspecified atom stereocenters. The predicted octanol–water partition coefficient (Wildman–Crippen LogP) is 4.10. The molecular formula is C12H9Br2NO4. The number of halogens is 2. The Balaban J connectivity index is 2.40. The van der Waals surface area contributed by atoms with Gasteiger partial charge in [0.25, 0.3) is 0 Å². The Hall–Kier alpha value is -1.18. The van der Waals surface area contributed by atoms with Gasteiger partial charge in [-0.15, -0.1) is 0 Å². The number of hydrogen-bond acceptors (Lipinski definition) is 4. The lowest BCUT2D eigenvalue weighted by Crippen LogP contribution is -2.00. The van der Waals surface area contributed by atoms with Crippen molar-refractivity contribution in [1.29, 1.82) is 0 Å². The summed E-state index contributed by atoms with van der Waals surface area (Å²) in [6, 6.07) is 6.21. The van der Waals surface area contributed by atoms with Crippen LogP contribution in [0.3, 0.4) is 0 Å². The maximum Gasteiger partial charge on any atom is 0.433 e. The van der Waals surface area contributed by atoms with Crippen LogP contribution in [0.15, 0.2) is 37.6 Å². The maximum atomic E-state index is 10.6. The first-order chi connectivity index (χ1) is 8.90. The van der Waals surface area contributed by atoms with Crippen molar-refractivity contribution in [2.75, 3.05) is 0 Å². The molecule has 1 aromatic heterocycles. The van der Waals surface area contributed by atoms with E-state index < -0.39 is 16.9 Å². The van der Waals surface area contributed by atoms with Crippen molar-refractivity contribution in [1.82, 2.24) is 0 Å². The fraction of sp³-hybridized carbons (Fsp3) is 0.167. The van der Waals surface area contributed by atoms with Crippen molar-refractivity contribution in [2.24, 2.45) is 0 Å². The van der Waals surface area contributed by atoms with Crippen molar-refractivity contribution in [2.45, 2.75) is 13.0 Å². The normalized spacial score (nSPS) is 12.4. The zero-order valence-electron chi connectivity index (χ0n) is 9.76. The third-order valence-corrected chi connectivity index (χ3v) is 4.18. The Bertz CT molecular complexity index is 639. The minimum absolute atomic E-state index is 0.128. The van der Waals surface area contributed by atoms with Crippen LogP contribution in [-0.4, -0.2) is 10.0 Å². The molecule has 5 nitrogen and oxygen atoms in total. The quantitative estimate of drug-likeness (QED) is 0.632. The van der Waals surface area contributed by atoms with Gasteiger partial charge in [-0.1, -0.05) is 31.9 Å². The van der Waals surface area contributed by atoms with Crippen LogP contribution in [0, 0.1) is 17.0 Å². The van der Waals surface area contributed by atoms with Gasteiger partial charge in [-0.05, 0) is 30.7 Å². The van der Waals surface area contributed by atoms with E-state index in [0.717, 1.165) is 10.0 Å². The van der Waals surface area contributed by atoms with Crippen molar-refractivity contribution in [3.8, 4) is 0 Å². The Morgan fingerprint density at radius 1 is 1.32 bits per heavy atom. The third-order valence-electron chi connectivity index (χ3n) is 2.63. The number of rotatable bonds is 3. The van der Waals surface area contributed by atoms with Gasteiger partial charge < -0.3 is 9.52 Å². The summed E-state index contributed by atoms with van der Waals surface area (Å²) in [5, 5.41) is 20.8. The SMILES string of the molecule is Cc1cc(Br)c(C(O)c2ccc([N+](=O)[O-])o2)cc1Br. The maximum absolute atomic E-state index is 10.6. The molecule has 100 valence electrons. The summed E-state index contributed by atoms with van der Waals surface area (Å²) in [5.74, 6) is -0.264. The van der Waals surface area contributed by atoms with Crippen LogP contribution in [-0.2, 0) is 0 Å². The van der Waals surface area contributed by atoms with Gasteiger partial charge in [0.05, 0.1) is 6.07 Å². The van der Waals surface area contributed by atoms with Gasteiger partial charge in [0.2, 0.25) is 0 Å². The van der Waals surface area contributed by atoms with Crippen LogP contribution in [0.1, 0.15) is 23.0 Å². The summed E-state index contributed by atoms with van der Waals surface area (Å²) in [7, 11) is 0. The van der Waals surface area contributed by atoms with E-state index in [2.05, 4.69) is 31.9 Å². The van der Waals surface area contributed by atoms with E-state index in [0.29, 0.717) is 10.0 Å². The second-order valence-electron chi connectivity index (χ2n) is 3.96. The van der Waals surface area contributed by atoms with Crippen LogP contribution >= 0.6 is 31.9 Å². The molecule has 0 aliphatic rings. The minimum Gasteiger partial charge on any atom is -0.403 e. The number of nitrogens with zero attached hydrogens (tertiary/aromatic N) is 1. The van der Waals surface area contributed by atoms with Gasteiger partial charge in [-0.2, -0.15) is 0 Å². The van der Waals surface area contributed by atoms with E-state index in [1.165, 1.54) is 12.1 Å². The molecule has 1 atom stereocenters. The summed E-state index contributed by atoms with van der Waals surface area (Å²) in [6.07, 6.45) is -1.07. The van der Waals surface area contributed by atoms with E-state index in [-0.39, 0.29) is 5.76 Å². The Morgan fingerprint density at radius 3 is 2.58 bits per heavy atom. The summed E-state index contributed by atoms with van der Waals surface area (Å²) in [6.45, 7) is 1.92. The molecule has 0 saturated heterocycles. The van der Waals surface area contributed by atoms with Crippen molar-refractivity contribution >= 4 is 37.7 Å². The molecule has 1 aromatic carbocycles. The first-order valence-corrected chi connectivity index (χ1v) is 6.86.